The number of aliphatic hydroxyl groups excluding tert-OH is 2. The molecule has 0 saturated heterocycles. The lowest BCUT2D eigenvalue weighted by molar-refractivity contribution is -0.143. The summed E-state index contributed by atoms with van der Waals surface area (Å²) in [5, 5.41) is 23.2. The summed E-state index contributed by atoms with van der Waals surface area (Å²) < 4.78 is 5.50. The number of esters is 1. The number of nitrogens with one attached hydrogen (secondary N) is 1. The van der Waals surface area contributed by atoms with Crippen molar-refractivity contribution in [3.8, 4) is 0 Å². The lowest BCUT2D eigenvalue weighted by Gasteiger charge is -2.20. The number of carbonyl (C=O) groups excluding carboxylic acids is 2. The number of aliphatic hydroxyl groups is 2. The highest BCUT2D eigenvalue weighted by atomic mass is 16.5. The Morgan fingerprint density at radius 1 is 0.322 bits per heavy atom. The Kier molecular flexibility index (Phi) is 73.9. The van der Waals surface area contributed by atoms with E-state index in [2.05, 4.69) is 67.8 Å². The van der Waals surface area contributed by atoms with Gasteiger partial charge in [-0.25, -0.2) is 0 Å². The van der Waals surface area contributed by atoms with Gasteiger partial charge in [0.25, 0.3) is 0 Å². The second-order valence-electron chi connectivity index (χ2n) is 26.7. The first kappa shape index (κ1) is 84.6. The van der Waals surface area contributed by atoms with Crippen molar-refractivity contribution < 1.29 is 24.5 Å². The number of carbonyl (C=O) groups is 2. The molecule has 1 amide bonds. The van der Waals surface area contributed by atoms with Gasteiger partial charge in [0, 0.05) is 12.8 Å². The average Bonchev–Trinajstić information content (AvgIpc) is 3.56. The van der Waals surface area contributed by atoms with Crippen LogP contribution in [0, 0.1) is 0 Å². The lowest BCUT2D eigenvalue weighted by atomic mass is 10.0. The monoisotopic (exact) mass is 1220 g/mol. The van der Waals surface area contributed by atoms with Crippen molar-refractivity contribution in [2.45, 2.75) is 431 Å². The Morgan fingerprint density at radius 2 is 0.575 bits per heavy atom. The summed E-state index contributed by atoms with van der Waals surface area (Å²) in [4.78, 5) is 24.6. The molecule has 6 heteroatoms. The molecule has 0 aliphatic heterocycles. The Balaban J connectivity index is 3.37. The Labute approximate surface area is 543 Å². The van der Waals surface area contributed by atoms with Crippen LogP contribution in [-0.2, 0) is 14.3 Å². The van der Waals surface area contributed by atoms with Gasteiger partial charge in [0.1, 0.15) is 0 Å². The maximum absolute atomic E-state index is 12.5. The molecule has 0 radical (unpaired) electrons. The van der Waals surface area contributed by atoms with E-state index in [1.165, 1.54) is 334 Å². The number of hydrogen-bond acceptors (Lipinski definition) is 5. The maximum atomic E-state index is 12.5. The average molecular weight is 1220 g/mol. The molecule has 0 heterocycles. The Morgan fingerprint density at radius 3 is 0.885 bits per heavy atom. The first-order valence-corrected chi connectivity index (χ1v) is 39.1. The second kappa shape index (κ2) is 76.0. The zero-order valence-corrected chi connectivity index (χ0v) is 58.5. The number of unbranched alkanes of at least 4 members (excludes halogenated alkanes) is 54. The molecule has 87 heavy (non-hydrogen) atoms. The van der Waals surface area contributed by atoms with Crippen LogP contribution in [0.15, 0.2) is 60.8 Å². The van der Waals surface area contributed by atoms with Crippen molar-refractivity contribution in [1.82, 2.24) is 5.32 Å². The van der Waals surface area contributed by atoms with Gasteiger partial charge in [0.05, 0.1) is 25.4 Å². The van der Waals surface area contributed by atoms with Crippen LogP contribution in [0.1, 0.15) is 418 Å². The topological polar surface area (TPSA) is 95.9 Å². The van der Waals surface area contributed by atoms with E-state index in [-0.39, 0.29) is 18.5 Å². The third-order valence-electron chi connectivity index (χ3n) is 18.0. The van der Waals surface area contributed by atoms with E-state index in [1.54, 1.807) is 6.08 Å². The van der Waals surface area contributed by atoms with Gasteiger partial charge in [-0.15, -0.1) is 0 Å². The summed E-state index contributed by atoms with van der Waals surface area (Å²) in [5.41, 5.74) is 0. The van der Waals surface area contributed by atoms with Gasteiger partial charge < -0.3 is 20.3 Å². The lowest BCUT2D eigenvalue weighted by Crippen LogP contribution is -2.45. The van der Waals surface area contributed by atoms with Crippen LogP contribution in [-0.4, -0.2) is 47.4 Å². The predicted octanol–water partition coefficient (Wildman–Crippen LogP) is 25.8. The number of rotatable bonds is 73. The normalized spacial score (nSPS) is 12.8. The summed E-state index contributed by atoms with van der Waals surface area (Å²) in [5.74, 6) is -0.0562. The van der Waals surface area contributed by atoms with E-state index >= 15 is 0 Å². The minimum Gasteiger partial charge on any atom is -0.466 e. The molecule has 510 valence electrons. The van der Waals surface area contributed by atoms with Crippen LogP contribution >= 0.6 is 0 Å². The van der Waals surface area contributed by atoms with E-state index in [9.17, 15) is 19.8 Å². The molecule has 2 atom stereocenters. The fourth-order valence-corrected chi connectivity index (χ4v) is 12.1. The van der Waals surface area contributed by atoms with Crippen molar-refractivity contribution >= 4 is 11.9 Å². The second-order valence-corrected chi connectivity index (χ2v) is 26.7. The maximum Gasteiger partial charge on any atom is 0.305 e. The third-order valence-corrected chi connectivity index (χ3v) is 18.0. The Bertz CT molecular complexity index is 1500. The van der Waals surface area contributed by atoms with Crippen molar-refractivity contribution in [2.75, 3.05) is 13.2 Å². The highest BCUT2D eigenvalue weighted by molar-refractivity contribution is 5.76. The molecular weight excluding hydrogens is 1070 g/mol. The molecule has 0 aromatic carbocycles. The molecule has 0 spiro atoms. The highest BCUT2D eigenvalue weighted by Crippen LogP contribution is 2.19. The molecule has 3 N–H and O–H groups in total. The summed E-state index contributed by atoms with van der Waals surface area (Å²) in [7, 11) is 0. The van der Waals surface area contributed by atoms with E-state index in [0.717, 1.165) is 57.8 Å². The summed E-state index contributed by atoms with van der Waals surface area (Å²) in [6.07, 6.45) is 102. The first-order valence-electron chi connectivity index (χ1n) is 39.1. The van der Waals surface area contributed by atoms with Gasteiger partial charge >= 0.3 is 5.97 Å². The highest BCUT2D eigenvalue weighted by Gasteiger charge is 2.18. The molecule has 0 saturated carbocycles. The van der Waals surface area contributed by atoms with Crippen LogP contribution in [0.4, 0.5) is 0 Å². The van der Waals surface area contributed by atoms with Crippen LogP contribution in [0.5, 0.6) is 0 Å². The van der Waals surface area contributed by atoms with Crippen molar-refractivity contribution in [3.05, 3.63) is 60.8 Å². The van der Waals surface area contributed by atoms with Gasteiger partial charge in [-0.05, 0) is 96.3 Å². The van der Waals surface area contributed by atoms with Crippen molar-refractivity contribution in [3.63, 3.8) is 0 Å². The molecule has 0 fully saturated rings. The van der Waals surface area contributed by atoms with Gasteiger partial charge in [0.2, 0.25) is 5.91 Å². The van der Waals surface area contributed by atoms with Crippen molar-refractivity contribution in [1.29, 1.82) is 0 Å². The molecule has 0 aromatic rings. The number of amides is 1. The van der Waals surface area contributed by atoms with E-state index in [0.29, 0.717) is 19.4 Å². The van der Waals surface area contributed by atoms with Crippen LogP contribution in [0.2, 0.25) is 0 Å². The van der Waals surface area contributed by atoms with Crippen LogP contribution in [0.25, 0.3) is 0 Å². The number of ether oxygens (including phenoxy) is 1. The fourth-order valence-electron chi connectivity index (χ4n) is 12.1. The number of hydrogen-bond donors (Lipinski definition) is 3. The first-order chi connectivity index (χ1) is 43.0. The summed E-state index contributed by atoms with van der Waals surface area (Å²) >= 11 is 0. The predicted molar refractivity (Wildman–Crippen MR) is 384 cm³/mol. The van der Waals surface area contributed by atoms with Crippen LogP contribution < -0.4 is 5.32 Å². The van der Waals surface area contributed by atoms with Crippen LogP contribution in [0.3, 0.4) is 0 Å². The zero-order valence-electron chi connectivity index (χ0n) is 58.5. The van der Waals surface area contributed by atoms with Crippen molar-refractivity contribution in [2.24, 2.45) is 0 Å². The minimum absolute atomic E-state index is 0.00670. The molecule has 0 bridgehead atoms. The molecule has 2 unspecified atom stereocenters. The fraction of sp³-hybridized carbons (Fsp3) is 0.852. The molecule has 0 rings (SSSR count). The molecule has 0 aliphatic carbocycles. The quantitative estimate of drug-likeness (QED) is 0.0320. The largest absolute Gasteiger partial charge is 0.466 e. The SMILES string of the molecule is CCCCCC/C=C\C/C=C\CCCCCCCC(=O)OCCCCCCCCCCCCCCCCC/C=C\C/C=C\CCCCCCCCCCCCCCCCCCCC(=O)NC(CO)C(O)/C=C/CCCCCCCCCCCCCCC. The Hall–Kier alpha value is -2.44. The summed E-state index contributed by atoms with van der Waals surface area (Å²) in [6, 6.07) is -0.626. The smallest absolute Gasteiger partial charge is 0.305 e. The van der Waals surface area contributed by atoms with E-state index in [1.807, 2.05) is 6.08 Å². The van der Waals surface area contributed by atoms with E-state index < -0.39 is 12.1 Å². The van der Waals surface area contributed by atoms with Gasteiger partial charge in [-0.3, -0.25) is 9.59 Å². The summed E-state index contributed by atoms with van der Waals surface area (Å²) in [6.45, 7) is 4.91. The van der Waals surface area contributed by atoms with Gasteiger partial charge in [-0.1, -0.05) is 370 Å². The molecule has 6 nitrogen and oxygen atoms in total. The minimum atomic E-state index is -0.843. The van der Waals surface area contributed by atoms with E-state index in [4.69, 9.17) is 4.74 Å². The van der Waals surface area contributed by atoms with Gasteiger partial charge in [-0.2, -0.15) is 0 Å². The molecule has 0 aliphatic rings. The van der Waals surface area contributed by atoms with Gasteiger partial charge in [0.15, 0.2) is 0 Å². The molecular formula is C81H151NO5. The standard InChI is InChI=1S/C81H151NO5/c1-3-5-7-9-11-13-15-17-19-47-51-55-59-63-67-71-75-81(86)87-76-72-68-64-60-56-52-48-44-42-40-38-36-34-32-30-28-26-24-22-20-21-23-25-27-29-31-33-35-37-39-41-43-46-50-54-58-62-66-70-74-80(85)82-78(77-83)79(84)73-69-65-61-57-53-49-45-18-16-14-12-10-8-6-4-2/h13,15,19-21,24,26,47,69,73,78-79,83-84H,3-12,14,16-18,22-23,25,27-46,48-68,70-72,74-77H2,1-2H3,(H,82,85)/b15-13-,21-20-,26-24-,47-19-,73-69+. The zero-order chi connectivity index (χ0) is 62.8. The number of allylic oxidation sites excluding steroid dienone is 9. The molecule has 0 aromatic heterocycles. The third kappa shape index (κ3) is 72.5.